The zero-order valence-corrected chi connectivity index (χ0v) is 12.2. The number of aryl methyl sites for hydroxylation is 1. The van der Waals surface area contributed by atoms with Crippen LogP contribution in [0.3, 0.4) is 0 Å². The molecule has 110 valence electrons. The van der Waals surface area contributed by atoms with Crippen molar-refractivity contribution in [1.29, 1.82) is 0 Å². The maximum atomic E-state index is 11.3. The van der Waals surface area contributed by atoms with E-state index in [1.807, 2.05) is 49.4 Å². The standard InChI is InChI=1S/C19H16O3/c1-13-9-10-17(19(20)21)18(11-13)22-12-15-7-4-6-14-5-2-3-8-16(14)15/h2-11H,12H2,1H3,(H,20,21). The van der Waals surface area contributed by atoms with Crippen LogP contribution in [-0.2, 0) is 6.61 Å². The molecule has 0 amide bonds. The summed E-state index contributed by atoms with van der Waals surface area (Å²) in [7, 11) is 0. The number of ether oxygens (including phenoxy) is 1. The van der Waals surface area contributed by atoms with Crippen molar-refractivity contribution in [2.24, 2.45) is 0 Å². The summed E-state index contributed by atoms with van der Waals surface area (Å²) in [6.45, 7) is 2.25. The largest absolute Gasteiger partial charge is 0.488 e. The van der Waals surface area contributed by atoms with Crippen molar-refractivity contribution in [3.05, 3.63) is 77.4 Å². The maximum absolute atomic E-state index is 11.3. The van der Waals surface area contributed by atoms with E-state index >= 15 is 0 Å². The van der Waals surface area contributed by atoms with Gasteiger partial charge in [0, 0.05) is 0 Å². The average Bonchev–Trinajstić information content (AvgIpc) is 2.52. The fourth-order valence-electron chi connectivity index (χ4n) is 2.50. The zero-order chi connectivity index (χ0) is 15.5. The van der Waals surface area contributed by atoms with E-state index in [9.17, 15) is 9.90 Å². The molecule has 0 bridgehead atoms. The van der Waals surface area contributed by atoms with Crippen molar-refractivity contribution in [1.82, 2.24) is 0 Å². The molecule has 0 radical (unpaired) electrons. The van der Waals surface area contributed by atoms with Crippen LogP contribution in [0, 0.1) is 6.92 Å². The molecule has 0 fully saturated rings. The van der Waals surface area contributed by atoms with E-state index in [1.54, 1.807) is 18.2 Å². The molecule has 3 nitrogen and oxygen atoms in total. The lowest BCUT2D eigenvalue weighted by Crippen LogP contribution is -2.04. The summed E-state index contributed by atoms with van der Waals surface area (Å²) in [4.78, 5) is 11.3. The van der Waals surface area contributed by atoms with Gasteiger partial charge in [-0.25, -0.2) is 4.79 Å². The van der Waals surface area contributed by atoms with E-state index in [0.717, 1.165) is 21.9 Å². The van der Waals surface area contributed by atoms with Gasteiger partial charge in [0.15, 0.2) is 0 Å². The molecule has 0 heterocycles. The Morgan fingerprint density at radius 1 is 1.05 bits per heavy atom. The number of rotatable bonds is 4. The summed E-state index contributed by atoms with van der Waals surface area (Å²) in [5, 5.41) is 11.5. The normalized spacial score (nSPS) is 10.6. The van der Waals surface area contributed by atoms with Gasteiger partial charge in [-0.2, -0.15) is 0 Å². The van der Waals surface area contributed by atoms with Gasteiger partial charge in [-0.05, 0) is 41.0 Å². The molecular formula is C19H16O3. The number of carboxylic acid groups (broad SMARTS) is 1. The minimum Gasteiger partial charge on any atom is -0.488 e. The minimum atomic E-state index is -0.979. The monoisotopic (exact) mass is 292 g/mol. The molecule has 22 heavy (non-hydrogen) atoms. The lowest BCUT2D eigenvalue weighted by Gasteiger charge is -2.12. The molecule has 3 aromatic carbocycles. The van der Waals surface area contributed by atoms with E-state index in [4.69, 9.17) is 4.74 Å². The van der Waals surface area contributed by atoms with Crippen LogP contribution in [0.4, 0.5) is 0 Å². The van der Waals surface area contributed by atoms with Crippen molar-refractivity contribution in [3.63, 3.8) is 0 Å². The third-order valence-electron chi connectivity index (χ3n) is 3.63. The third kappa shape index (κ3) is 2.79. The SMILES string of the molecule is Cc1ccc(C(=O)O)c(OCc2cccc3ccccc23)c1. The topological polar surface area (TPSA) is 46.5 Å². The summed E-state index contributed by atoms with van der Waals surface area (Å²) in [5.41, 5.74) is 2.19. The Morgan fingerprint density at radius 3 is 2.64 bits per heavy atom. The quantitative estimate of drug-likeness (QED) is 0.774. The molecule has 0 unspecified atom stereocenters. The lowest BCUT2D eigenvalue weighted by molar-refractivity contribution is 0.0692. The second-order valence-electron chi connectivity index (χ2n) is 5.23. The molecule has 3 aromatic rings. The van der Waals surface area contributed by atoms with Crippen molar-refractivity contribution < 1.29 is 14.6 Å². The molecule has 3 rings (SSSR count). The molecule has 3 heteroatoms. The van der Waals surface area contributed by atoms with E-state index in [1.165, 1.54) is 0 Å². The highest BCUT2D eigenvalue weighted by Crippen LogP contribution is 2.24. The fraction of sp³-hybridized carbons (Fsp3) is 0.105. The van der Waals surface area contributed by atoms with Crippen molar-refractivity contribution in [2.75, 3.05) is 0 Å². The zero-order valence-electron chi connectivity index (χ0n) is 12.2. The number of hydrogen-bond donors (Lipinski definition) is 1. The van der Waals surface area contributed by atoms with Crippen LogP contribution in [0.15, 0.2) is 60.7 Å². The van der Waals surface area contributed by atoms with E-state index < -0.39 is 5.97 Å². The summed E-state index contributed by atoms with van der Waals surface area (Å²) in [6.07, 6.45) is 0. The van der Waals surface area contributed by atoms with Crippen molar-refractivity contribution >= 4 is 16.7 Å². The van der Waals surface area contributed by atoms with Gasteiger partial charge in [-0.15, -0.1) is 0 Å². The van der Waals surface area contributed by atoms with Gasteiger partial charge in [0.2, 0.25) is 0 Å². The first kappa shape index (κ1) is 14.1. The van der Waals surface area contributed by atoms with Crippen LogP contribution in [0.1, 0.15) is 21.5 Å². The summed E-state index contributed by atoms with van der Waals surface area (Å²) < 4.78 is 5.79. The first-order valence-electron chi connectivity index (χ1n) is 7.08. The molecule has 0 aromatic heterocycles. The highest BCUT2D eigenvalue weighted by atomic mass is 16.5. The molecule has 0 aliphatic heterocycles. The number of aromatic carboxylic acids is 1. The summed E-state index contributed by atoms with van der Waals surface area (Å²) >= 11 is 0. The van der Waals surface area contributed by atoms with Crippen LogP contribution in [-0.4, -0.2) is 11.1 Å². The summed E-state index contributed by atoms with van der Waals surface area (Å²) in [6, 6.07) is 19.2. The Kier molecular flexibility index (Phi) is 3.79. The Hall–Kier alpha value is -2.81. The third-order valence-corrected chi connectivity index (χ3v) is 3.63. The Balaban J connectivity index is 1.92. The number of fused-ring (bicyclic) bond motifs is 1. The second kappa shape index (κ2) is 5.90. The molecule has 1 N–H and O–H groups in total. The molecule has 0 saturated heterocycles. The van der Waals surface area contributed by atoms with Crippen LogP contribution in [0.2, 0.25) is 0 Å². The van der Waals surface area contributed by atoms with E-state index in [-0.39, 0.29) is 5.56 Å². The van der Waals surface area contributed by atoms with Gasteiger partial charge < -0.3 is 9.84 Å². The van der Waals surface area contributed by atoms with Crippen LogP contribution in [0.25, 0.3) is 10.8 Å². The van der Waals surface area contributed by atoms with Crippen LogP contribution >= 0.6 is 0 Å². The number of carboxylic acids is 1. The Bertz CT molecular complexity index is 832. The Morgan fingerprint density at radius 2 is 1.82 bits per heavy atom. The van der Waals surface area contributed by atoms with Gasteiger partial charge in [0.1, 0.15) is 17.9 Å². The van der Waals surface area contributed by atoms with Crippen LogP contribution < -0.4 is 4.74 Å². The number of benzene rings is 3. The molecule has 0 saturated carbocycles. The van der Waals surface area contributed by atoms with E-state index in [2.05, 4.69) is 0 Å². The van der Waals surface area contributed by atoms with Gasteiger partial charge in [0.25, 0.3) is 0 Å². The lowest BCUT2D eigenvalue weighted by atomic mass is 10.1. The predicted molar refractivity (Wildman–Crippen MR) is 86.4 cm³/mol. The van der Waals surface area contributed by atoms with Gasteiger partial charge in [0.05, 0.1) is 0 Å². The minimum absolute atomic E-state index is 0.186. The second-order valence-corrected chi connectivity index (χ2v) is 5.23. The first-order valence-corrected chi connectivity index (χ1v) is 7.08. The molecule has 0 atom stereocenters. The number of hydrogen-bond acceptors (Lipinski definition) is 2. The fourth-order valence-corrected chi connectivity index (χ4v) is 2.50. The van der Waals surface area contributed by atoms with Gasteiger partial charge in [-0.3, -0.25) is 0 Å². The summed E-state index contributed by atoms with van der Waals surface area (Å²) in [5.74, 6) is -0.576. The van der Waals surface area contributed by atoms with Crippen molar-refractivity contribution in [3.8, 4) is 5.75 Å². The molecule has 0 spiro atoms. The smallest absolute Gasteiger partial charge is 0.339 e. The highest BCUT2D eigenvalue weighted by molar-refractivity contribution is 5.91. The first-order chi connectivity index (χ1) is 10.6. The Labute approximate surface area is 128 Å². The average molecular weight is 292 g/mol. The maximum Gasteiger partial charge on any atom is 0.339 e. The molecular weight excluding hydrogens is 276 g/mol. The van der Waals surface area contributed by atoms with E-state index in [0.29, 0.717) is 12.4 Å². The van der Waals surface area contributed by atoms with Gasteiger partial charge in [-0.1, -0.05) is 48.5 Å². The van der Waals surface area contributed by atoms with Gasteiger partial charge >= 0.3 is 5.97 Å². The molecule has 0 aliphatic carbocycles. The predicted octanol–water partition coefficient (Wildman–Crippen LogP) is 4.43. The highest BCUT2D eigenvalue weighted by Gasteiger charge is 2.12. The van der Waals surface area contributed by atoms with Crippen LogP contribution in [0.5, 0.6) is 5.75 Å². The number of carbonyl (C=O) groups is 1. The molecule has 0 aliphatic rings. The van der Waals surface area contributed by atoms with Crippen molar-refractivity contribution in [2.45, 2.75) is 13.5 Å².